The second-order valence-electron chi connectivity index (χ2n) is 3.77. The average Bonchev–Trinajstić information content (AvgIpc) is 2.83. The van der Waals surface area contributed by atoms with Gasteiger partial charge in [-0.05, 0) is 47.0 Å². The normalized spacial score (nSPS) is 10.7. The largest absolute Gasteiger partial charge is 0.312 e. The zero-order valence-electron chi connectivity index (χ0n) is 9.25. The maximum absolute atomic E-state index is 13.2. The first-order valence-electron chi connectivity index (χ1n) is 5.42. The predicted octanol–water partition coefficient (Wildman–Crippen LogP) is 3.87. The van der Waals surface area contributed by atoms with E-state index in [0.717, 1.165) is 18.5 Å². The molecule has 0 saturated carbocycles. The van der Waals surface area contributed by atoms with Crippen molar-refractivity contribution in [1.29, 1.82) is 0 Å². The molecule has 0 unspecified atom stereocenters. The van der Waals surface area contributed by atoms with Crippen LogP contribution in [-0.2, 0) is 13.0 Å². The number of thiophene rings is 1. The zero-order chi connectivity index (χ0) is 12.1. The first-order valence-corrected chi connectivity index (χ1v) is 6.74. The van der Waals surface area contributed by atoms with E-state index in [1.165, 1.54) is 11.6 Å². The quantitative estimate of drug-likeness (QED) is 0.813. The lowest BCUT2D eigenvalue weighted by Gasteiger charge is -2.06. The van der Waals surface area contributed by atoms with E-state index < -0.39 is 0 Å². The Morgan fingerprint density at radius 1 is 1.29 bits per heavy atom. The van der Waals surface area contributed by atoms with E-state index >= 15 is 0 Å². The average molecular weight is 270 g/mol. The molecule has 1 nitrogen and oxygen atoms in total. The highest BCUT2D eigenvalue weighted by atomic mass is 35.5. The molecule has 90 valence electrons. The summed E-state index contributed by atoms with van der Waals surface area (Å²) in [5.74, 6) is -0.358. The molecule has 17 heavy (non-hydrogen) atoms. The standard InChI is InChI=1S/C13H13ClFNS/c14-13-11(2-1-3-12(13)15)8-16-6-4-10-5-7-17-9-10/h1-3,5,7,9,16H,4,6,8H2. The molecule has 0 aliphatic rings. The third-order valence-electron chi connectivity index (χ3n) is 2.52. The number of halogens is 2. The van der Waals surface area contributed by atoms with Gasteiger partial charge in [-0.3, -0.25) is 0 Å². The molecule has 0 aliphatic carbocycles. The van der Waals surface area contributed by atoms with Crippen molar-refractivity contribution < 1.29 is 4.39 Å². The van der Waals surface area contributed by atoms with Crippen molar-refractivity contribution in [3.05, 3.63) is 57.0 Å². The van der Waals surface area contributed by atoms with E-state index in [-0.39, 0.29) is 10.8 Å². The van der Waals surface area contributed by atoms with Gasteiger partial charge in [0.15, 0.2) is 0 Å². The van der Waals surface area contributed by atoms with Crippen molar-refractivity contribution in [1.82, 2.24) is 5.32 Å². The van der Waals surface area contributed by atoms with E-state index in [1.54, 1.807) is 17.4 Å². The maximum atomic E-state index is 13.2. The van der Waals surface area contributed by atoms with Crippen LogP contribution in [0.2, 0.25) is 5.02 Å². The fourth-order valence-corrected chi connectivity index (χ4v) is 2.47. The van der Waals surface area contributed by atoms with E-state index in [9.17, 15) is 4.39 Å². The molecule has 0 saturated heterocycles. The van der Waals surface area contributed by atoms with Crippen molar-refractivity contribution in [2.45, 2.75) is 13.0 Å². The van der Waals surface area contributed by atoms with Gasteiger partial charge in [0.2, 0.25) is 0 Å². The topological polar surface area (TPSA) is 12.0 Å². The molecule has 0 atom stereocenters. The second kappa shape index (κ2) is 6.15. The van der Waals surface area contributed by atoms with E-state index in [4.69, 9.17) is 11.6 Å². The van der Waals surface area contributed by atoms with Crippen LogP contribution < -0.4 is 5.32 Å². The Hall–Kier alpha value is -0.900. The SMILES string of the molecule is Fc1cccc(CNCCc2ccsc2)c1Cl. The van der Waals surface area contributed by atoms with Crippen LogP contribution >= 0.6 is 22.9 Å². The molecule has 0 spiro atoms. The molecule has 0 aliphatic heterocycles. The maximum Gasteiger partial charge on any atom is 0.142 e. The number of hydrogen-bond donors (Lipinski definition) is 1. The van der Waals surface area contributed by atoms with Crippen molar-refractivity contribution in [3.63, 3.8) is 0 Å². The van der Waals surface area contributed by atoms with Crippen LogP contribution in [0.3, 0.4) is 0 Å². The third-order valence-corrected chi connectivity index (χ3v) is 3.67. The lowest BCUT2D eigenvalue weighted by atomic mass is 10.2. The van der Waals surface area contributed by atoms with Crippen molar-refractivity contribution in [2.24, 2.45) is 0 Å². The van der Waals surface area contributed by atoms with Crippen LogP contribution in [-0.4, -0.2) is 6.54 Å². The van der Waals surface area contributed by atoms with Crippen LogP contribution in [0.15, 0.2) is 35.0 Å². The summed E-state index contributed by atoms with van der Waals surface area (Å²) in [6.07, 6.45) is 0.983. The van der Waals surface area contributed by atoms with Gasteiger partial charge in [-0.1, -0.05) is 23.7 Å². The smallest absolute Gasteiger partial charge is 0.142 e. The van der Waals surface area contributed by atoms with Crippen LogP contribution in [0.25, 0.3) is 0 Å². The monoisotopic (exact) mass is 269 g/mol. The van der Waals surface area contributed by atoms with Gasteiger partial charge in [0.25, 0.3) is 0 Å². The molecular weight excluding hydrogens is 257 g/mol. The summed E-state index contributed by atoms with van der Waals surface area (Å²) in [4.78, 5) is 0. The van der Waals surface area contributed by atoms with Gasteiger partial charge in [-0.2, -0.15) is 11.3 Å². The molecule has 0 amide bonds. The van der Waals surface area contributed by atoms with Gasteiger partial charge in [-0.25, -0.2) is 4.39 Å². The molecule has 2 aromatic rings. The zero-order valence-corrected chi connectivity index (χ0v) is 10.8. The Morgan fingerprint density at radius 2 is 2.18 bits per heavy atom. The molecule has 2 rings (SSSR count). The van der Waals surface area contributed by atoms with Crippen LogP contribution in [0, 0.1) is 5.82 Å². The first kappa shape index (κ1) is 12.6. The summed E-state index contributed by atoms with van der Waals surface area (Å²) in [6, 6.07) is 7.00. The Morgan fingerprint density at radius 3 is 2.94 bits per heavy atom. The van der Waals surface area contributed by atoms with Gasteiger partial charge in [0.1, 0.15) is 5.82 Å². The highest BCUT2D eigenvalue weighted by Crippen LogP contribution is 2.19. The summed E-state index contributed by atoms with van der Waals surface area (Å²) in [5.41, 5.74) is 2.13. The first-order chi connectivity index (χ1) is 8.27. The third kappa shape index (κ3) is 3.53. The van der Waals surface area contributed by atoms with E-state index in [0.29, 0.717) is 6.54 Å². The lowest BCUT2D eigenvalue weighted by Crippen LogP contribution is -2.16. The molecule has 0 fully saturated rings. The highest BCUT2D eigenvalue weighted by molar-refractivity contribution is 7.07. The van der Waals surface area contributed by atoms with Gasteiger partial charge < -0.3 is 5.32 Å². The Balaban J connectivity index is 1.80. The lowest BCUT2D eigenvalue weighted by molar-refractivity contribution is 0.620. The highest BCUT2D eigenvalue weighted by Gasteiger charge is 2.04. The molecular formula is C13H13ClFNS. The van der Waals surface area contributed by atoms with Crippen molar-refractivity contribution in [3.8, 4) is 0 Å². The number of benzene rings is 1. The van der Waals surface area contributed by atoms with E-state index in [2.05, 4.69) is 22.1 Å². The molecule has 1 N–H and O–H groups in total. The summed E-state index contributed by atoms with van der Waals surface area (Å²) in [6.45, 7) is 1.46. The Bertz CT molecular complexity index is 470. The van der Waals surface area contributed by atoms with Crippen LogP contribution in [0.5, 0.6) is 0 Å². The Kier molecular flexibility index (Phi) is 4.54. The van der Waals surface area contributed by atoms with Gasteiger partial charge in [-0.15, -0.1) is 0 Å². The summed E-state index contributed by atoms with van der Waals surface area (Å²) in [5, 5.41) is 7.68. The summed E-state index contributed by atoms with van der Waals surface area (Å²) in [7, 11) is 0. The number of rotatable bonds is 5. The van der Waals surface area contributed by atoms with Gasteiger partial charge in [0.05, 0.1) is 5.02 Å². The minimum absolute atomic E-state index is 0.218. The minimum atomic E-state index is -0.358. The van der Waals surface area contributed by atoms with E-state index in [1.807, 2.05) is 6.07 Å². The molecule has 4 heteroatoms. The fourth-order valence-electron chi connectivity index (χ4n) is 1.58. The molecule has 0 radical (unpaired) electrons. The minimum Gasteiger partial charge on any atom is -0.312 e. The van der Waals surface area contributed by atoms with Crippen molar-refractivity contribution >= 4 is 22.9 Å². The predicted molar refractivity (Wildman–Crippen MR) is 71.1 cm³/mol. The Labute approximate surface area is 109 Å². The number of nitrogens with one attached hydrogen (secondary N) is 1. The molecule has 1 aromatic carbocycles. The molecule has 0 bridgehead atoms. The number of hydrogen-bond acceptors (Lipinski definition) is 2. The second-order valence-corrected chi connectivity index (χ2v) is 4.93. The van der Waals surface area contributed by atoms with Gasteiger partial charge >= 0.3 is 0 Å². The van der Waals surface area contributed by atoms with Crippen LogP contribution in [0.4, 0.5) is 4.39 Å². The van der Waals surface area contributed by atoms with Crippen LogP contribution in [0.1, 0.15) is 11.1 Å². The van der Waals surface area contributed by atoms with Gasteiger partial charge in [0, 0.05) is 6.54 Å². The molecule has 1 aromatic heterocycles. The summed E-state index contributed by atoms with van der Waals surface area (Å²) >= 11 is 7.56. The fraction of sp³-hybridized carbons (Fsp3) is 0.231. The molecule has 1 heterocycles. The van der Waals surface area contributed by atoms with Crippen molar-refractivity contribution in [2.75, 3.05) is 6.54 Å². The summed E-state index contributed by atoms with van der Waals surface area (Å²) < 4.78 is 13.2.